The Labute approximate surface area is 137 Å². The average Bonchev–Trinajstić information content (AvgIpc) is 2.55. The lowest BCUT2D eigenvalue weighted by Gasteiger charge is -2.12. The smallest absolute Gasteiger partial charge is 0.387 e. The standard InChI is InChI=1S/C16H16F2N2O4/c1-22-12-6-3-10(4-7-12)19-16(21)20-11-5-8-13(23-2)14(9-11)24-15(17)18/h3-9,15H,1-2H3,(H2,19,20,21). The lowest BCUT2D eigenvalue weighted by Crippen LogP contribution is -2.19. The number of urea groups is 1. The summed E-state index contributed by atoms with van der Waals surface area (Å²) in [4.78, 5) is 12.0. The third-order valence-corrected chi connectivity index (χ3v) is 2.99. The molecule has 0 aliphatic heterocycles. The minimum atomic E-state index is -3.00. The number of carbonyl (C=O) groups excluding carboxylic acids is 1. The number of hydrogen-bond acceptors (Lipinski definition) is 4. The van der Waals surface area contributed by atoms with Gasteiger partial charge >= 0.3 is 12.6 Å². The molecular weight excluding hydrogens is 322 g/mol. The molecule has 2 amide bonds. The number of nitrogens with one attached hydrogen (secondary N) is 2. The van der Waals surface area contributed by atoms with E-state index in [1.807, 2.05) is 0 Å². The van der Waals surface area contributed by atoms with E-state index in [1.54, 1.807) is 24.3 Å². The minimum absolute atomic E-state index is 0.136. The number of benzene rings is 2. The van der Waals surface area contributed by atoms with Crippen molar-refractivity contribution >= 4 is 17.4 Å². The molecule has 2 rings (SSSR count). The molecular formula is C16H16F2N2O4. The molecule has 0 heterocycles. The van der Waals surface area contributed by atoms with Crippen LogP contribution in [-0.2, 0) is 0 Å². The summed E-state index contributed by atoms with van der Waals surface area (Å²) in [5.41, 5.74) is 0.823. The van der Waals surface area contributed by atoms with Crippen molar-refractivity contribution in [2.45, 2.75) is 6.61 Å². The van der Waals surface area contributed by atoms with Crippen molar-refractivity contribution in [3.8, 4) is 17.2 Å². The van der Waals surface area contributed by atoms with E-state index < -0.39 is 12.6 Å². The Morgan fingerprint density at radius 2 is 1.54 bits per heavy atom. The van der Waals surface area contributed by atoms with Gasteiger partial charge < -0.3 is 24.8 Å². The van der Waals surface area contributed by atoms with Gasteiger partial charge in [0.1, 0.15) is 5.75 Å². The molecule has 0 aromatic heterocycles. The Kier molecular flexibility index (Phi) is 5.78. The third kappa shape index (κ3) is 4.73. The molecule has 128 valence electrons. The van der Waals surface area contributed by atoms with E-state index in [4.69, 9.17) is 9.47 Å². The van der Waals surface area contributed by atoms with Gasteiger partial charge in [-0.25, -0.2) is 4.79 Å². The normalized spacial score (nSPS) is 10.2. The summed E-state index contributed by atoms with van der Waals surface area (Å²) in [7, 11) is 2.87. The zero-order chi connectivity index (χ0) is 17.5. The van der Waals surface area contributed by atoms with Crippen molar-refractivity contribution < 1.29 is 27.8 Å². The Balaban J connectivity index is 2.04. The lowest BCUT2D eigenvalue weighted by atomic mass is 10.2. The molecule has 2 aromatic rings. The van der Waals surface area contributed by atoms with Gasteiger partial charge in [0.2, 0.25) is 0 Å². The summed E-state index contributed by atoms with van der Waals surface area (Å²) in [6.45, 7) is -3.00. The van der Waals surface area contributed by atoms with Crippen LogP contribution >= 0.6 is 0 Å². The van der Waals surface area contributed by atoms with E-state index in [9.17, 15) is 13.6 Å². The van der Waals surface area contributed by atoms with Gasteiger partial charge in [-0.3, -0.25) is 0 Å². The summed E-state index contributed by atoms with van der Waals surface area (Å²) in [5, 5.41) is 5.13. The maximum absolute atomic E-state index is 12.4. The largest absolute Gasteiger partial charge is 0.497 e. The molecule has 0 fully saturated rings. The zero-order valence-electron chi connectivity index (χ0n) is 13.0. The van der Waals surface area contributed by atoms with Crippen LogP contribution in [0.5, 0.6) is 17.2 Å². The molecule has 0 aliphatic rings. The lowest BCUT2D eigenvalue weighted by molar-refractivity contribution is -0.0511. The highest BCUT2D eigenvalue weighted by atomic mass is 19.3. The quantitative estimate of drug-likeness (QED) is 0.837. The fourth-order valence-corrected chi connectivity index (χ4v) is 1.91. The van der Waals surface area contributed by atoms with Crippen LogP contribution in [0.3, 0.4) is 0 Å². The van der Waals surface area contributed by atoms with E-state index in [0.29, 0.717) is 11.4 Å². The van der Waals surface area contributed by atoms with Crippen LogP contribution in [0, 0.1) is 0 Å². The fraction of sp³-hybridized carbons (Fsp3) is 0.188. The Bertz CT molecular complexity index is 693. The van der Waals surface area contributed by atoms with Crippen molar-refractivity contribution in [2.24, 2.45) is 0 Å². The molecule has 2 N–H and O–H groups in total. The Morgan fingerprint density at radius 1 is 0.917 bits per heavy atom. The molecule has 6 nitrogen and oxygen atoms in total. The van der Waals surface area contributed by atoms with E-state index in [2.05, 4.69) is 15.4 Å². The number of ether oxygens (including phenoxy) is 3. The van der Waals surface area contributed by atoms with Crippen LogP contribution in [0.15, 0.2) is 42.5 Å². The SMILES string of the molecule is COc1ccc(NC(=O)Nc2ccc(OC)c(OC(F)F)c2)cc1. The molecule has 0 saturated heterocycles. The molecule has 2 aromatic carbocycles. The van der Waals surface area contributed by atoms with Gasteiger partial charge in [0.05, 0.1) is 14.2 Å². The maximum atomic E-state index is 12.4. The summed E-state index contributed by atoms with van der Waals surface area (Å²) < 4.78 is 39.1. The first-order chi connectivity index (χ1) is 11.5. The van der Waals surface area contributed by atoms with E-state index in [-0.39, 0.29) is 17.2 Å². The van der Waals surface area contributed by atoms with Gasteiger partial charge in [-0.15, -0.1) is 0 Å². The second-order valence-corrected chi connectivity index (χ2v) is 4.55. The predicted molar refractivity (Wildman–Crippen MR) is 85.3 cm³/mol. The first kappa shape index (κ1) is 17.3. The molecule has 0 bridgehead atoms. The van der Waals surface area contributed by atoms with E-state index in [1.165, 1.54) is 32.4 Å². The number of hydrogen-bond donors (Lipinski definition) is 2. The summed E-state index contributed by atoms with van der Waals surface area (Å²) in [6, 6.07) is 10.3. The van der Waals surface area contributed by atoms with Crippen LogP contribution in [0.2, 0.25) is 0 Å². The van der Waals surface area contributed by atoms with Gasteiger partial charge in [0.25, 0.3) is 0 Å². The number of carbonyl (C=O) groups is 1. The van der Waals surface area contributed by atoms with Crippen LogP contribution in [0.1, 0.15) is 0 Å². The molecule has 8 heteroatoms. The average molecular weight is 338 g/mol. The fourth-order valence-electron chi connectivity index (χ4n) is 1.91. The van der Waals surface area contributed by atoms with Crippen molar-refractivity contribution in [2.75, 3.05) is 24.9 Å². The first-order valence-corrected chi connectivity index (χ1v) is 6.86. The number of methoxy groups -OCH3 is 2. The first-order valence-electron chi connectivity index (χ1n) is 6.86. The topological polar surface area (TPSA) is 68.8 Å². The molecule has 0 atom stereocenters. The number of alkyl halides is 2. The summed E-state index contributed by atoms with van der Waals surface area (Å²) in [5.74, 6) is 0.621. The van der Waals surface area contributed by atoms with Crippen LogP contribution in [-0.4, -0.2) is 26.9 Å². The zero-order valence-corrected chi connectivity index (χ0v) is 13.0. The van der Waals surface area contributed by atoms with Crippen LogP contribution in [0.25, 0.3) is 0 Å². The predicted octanol–water partition coefficient (Wildman–Crippen LogP) is 3.95. The van der Waals surface area contributed by atoms with Gasteiger partial charge in [-0.05, 0) is 36.4 Å². The summed E-state index contributed by atoms with van der Waals surface area (Å²) >= 11 is 0. The van der Waals surface area contributed by atoms with Crippen molar-refractivity contribution in [1.82, 2.24) is 0 Å². The highest BCUT2D eigenvalue weighted by molar-refractivity contribution is 5.99. The van der Waals surface area contributed by atoms with Gasteiger partial charge in [0.15, 0.2) is 11.5 Å². The molecule has 0 aliphatic carbocycles. The van der Waals surface area contributed by atoms with Crippen molar-refractivity contribution in [3.63, 3.8) is 0 Å². The number of halogens is 2. The van der Waals surface area contributed by atoms with Crippen LogP contribution < -0.4 is 24.8 Å². The highest BCUT2D eigenvalue weighted by Gasteiger charge is 2.12. The van der Waals surface area contributed by atoms with Gasteiger partial charge in [0, 0.05) is 17.4 Å². The maximum Gasteiger partial charge on any atom is 0.387 e. The summed E-state index contributed by atoms with van der Waals surface area (Å²) in [6.07, 6.45) is 0. The van der Waals surface area contributed by atoms with Crippen molar-refractivity contribution in [3.05, 3.63) is 42.5 Å². The van der Waals surface area contributed by atoms with Gasteiger partial charge in [-0.2, -0.15) is 8.78 Å². The number of rotatable bonds is 6. The van der Waals surface area contributed by atoms with Gasteiger partial charge in [-0.1, -0.05) is 0 Å². The third-order valence-electron chi connectivity index (χ3n) is 2.99. The van der Waals surface area contributed by atoms with E-state index in [0.717, 1.165) is 0 Å². The Morgan fingerprint density at radius 3 is 2.12 bits per heavy atom. The second kappa shape index (κ2) is 8.00. The second-order valence-electron chi connectivity index (χ2n) is 4.55. The van der Waals surface area contributed by atoms with Crippen molar-refractivity contribution in [1.29, 1.82) is 0 Å². The molecule has 0 radical (unpaired) electrons. The van der Waals surface area contributed by atoms with E-state index >= 15 is 0 Å². The minimum Gasteiger partial charge on any atom is -0.497 e. The monoisotopic (exact) mass is 338 g/mol. The molecule has 24 heavy (non-hydrogen) atoms. The molecule has 0 unspecified atom stereocenters. The Hall–Kier alpha value is -3.03. The number of anilines is 2. The number of amides is 2. The van der Waals surface area contributed by atoms with Crippen LogP contribution in [0.4, 0.5) is 25.0 Å². The molecule has 0 saturated carbocycles. The molecule has 0 spiro atoms. The highest BCUT2D eigenvalue weighted by Crippen LogP contribution is 2.31.